The van der Waals surface area contributed by atoms with Crippen molar-refractivity contribution in [3.05, 3.63) is 9.56 Å². The zero-order valence-corrected chi connectivity index (χ0v) is 14.3. The van der Waals surface area contributed by atoms with Crippen molar-refractivity contribution in [2.24, 2.45) is 0 Å². The Bertz CT molecular complexity index is 250. The second kappa shape index (κ2) is 8.19. The van der Waals surface area contributed by atoms with Gasteiger partial charge < -0.3 is 0 Å². The number of hydrogen-bond acceptors (Lipinski definition) is 0. The maximum absolute atomic E-state index is 5.94. The number of halogens is 2. The summed E-state index contributed by atoms with van der Waals surface area (Å²) in [6.07, 6.45) is 16.9. The van der Waals surface area contributed by atoms with E-state index < -0.39 is 0 Å². The van der Waals surface area contributed by atoms with Crippen LogP contribution in [0.3, 0.4) is 0 Å². The third-order valence-corrected chi connectivity index (χ3v) is 6.22. The molecule has 18 heavy (non-hydrogen) atoms. The fourth-order valence-electron chi connectivity index (χ4n) is 4.03. The molecule has 0 unspecified atom stereocenters. The second-order valence-corrected chi connectivity index (χ2v) is 7.62. The van der Waals surface area contributed by atoms with E-state index in [1.165, 1.54) is 64.2 Å². The van der Waals surface area contributed by atoms with Crippen molar-refractivity contribution in [1.29, 1.82) is 0 Å². The number of hydrogen-bond donors (Lipinski definition) is 0. The lowest BCUT2D eigenvalue weighted by Gasteiger charge is -2.35. The predicted molar refractivity (Wildman–Crippen MR) is 92.2 cm³/mol. The van der Waals surface area contributed by atoms with E-state index >= 15 is 0 Å². The maximum Gasteiger partial charge on any atom is 0.189 e. The van der Waals surface area contributed by atoms with Crippen LogP contribution in [0, 0.1) is 0 Å². The van der Waals surface area contributed by atoms with E-state index in [0.717, 1.165) is 18.3 Å². The first-order chi connectivity index (χ1) is 8.83. The summed E-state index contributed by atoms with van der Waals surface area (Å²) in [5.74, 6) is 2.59. The van der Waals surface area contributed by atoms with Crippen LogP contribution in [0.15, 0.2) is 9.56 Å². The molecule has 0 aromatic carbocycles. The Hall–Kier alpha value is 0.825. The zero-order chi connectivity index (χ0) is 12.8. The van der Waals surface area contributed by atoms with Crippen molar-refractivity contribution < 1.29 is 0 Å². The summed E-state index contributed by atoms with van der Waals surface area (Å²) in [6, 6.07) is 0. The number of allylic oxidation sites excluding steroid dienone is 1. The van der Waals surface area contributed by atoms with E-state index in [1.807, 2.05) is 0 Å². The first-order valence-corrected chi connectivity index (χ1v) is 9.35. The Morgan fingerprint density at radius 2 is 1.39 bits per heavy atom. The van der Waals surface area contributed by atoms with Crippen molar-refractivity contribution >= 4 is 40.9 Å². The summed E-state index contributed by atoms with van der Waals surface area (Å²) < 4.78 is 1.57. The fraction of sp³-hybridized carbons (Fsp3) is 0.867. The SMILES string of the molecule is ClC/C=C(\I)B(C1CCCCC1)C1CCCCC1. The molecular weight excluding hydrogens is 353 g/mol. The molecule has 3 heteroatoms. The molecule has 2 saturated carbocycles. The molecule has 0 heterocycles. The van der Waals surface area contributed by atoms with E-state index in [1.54, 1.807) is 3.48 Å². The van der Waals surface area contributed by atoms with Crippen LogP contribution in [0.1, 0.15) is 64.2 Å². The molecular formula is C15H25BClI. The average Bonchev–Trinajstić information content (AvgIpc) is 2.42. The largest absolute Gasteiger partial charge is 0.189 e. The summed E-state index contributed by atoms with van der Waals surface area (Å²) >= 11 is 8.52. The highest BCUT2D eigenvalue weighted by Gasteiger charge is 2.36. The Balaban J connectivity index is 2.07. The van der Waals surface area contributed by atoms with Crippen LogP contribution >= 0.6 is 34.2 Å². The summed E-state index contributed by atoms with van der Waals surface area (Å²) in [6.45, 7) is 0.838. The maximum atomic E-state index is 5.94. The van der Waals surface area contributed by atoms with Crippen molar-refractivity contribution in [3.63, 3.8) is 0 Å². The molecule has 0 N–H and O–H groups in total. The highest BCUT2D eigenvalue weighted by molar-refractivity contribution is 14.1. The van der Waals surface area contributed by atoms with Crippen molar-refractivity contribution in [3.8, 4) is 0 Å². The van der Waals surface area contributed by atoms with Gasteiger partial charge in [-0.3, -0.25) is 0 Å². The minimum Gasteiger partial charge on any atom is -0.122 e. The molecule has 2 fully saturated rings. The molecule has 0 aromatic rings. The second-order valence-electron chi connectivity index (χ2n) is 6.07. The van der Waals surface area contributed by atoms with Gasteiger partial charge in [0.2, 0.25) is 0 Å². The first kappa shape index (κ1) is 15.2. The molecule has 0 aliphatic heterocycles. The van der Waals surface area contributed by atoms with E-state index in [2.05, 4.69) is 28.7 Å². The molecule has 0 atom stereocenters. The van der Waals surface area contributed by atoms with Gasteiger partial charge in [0.1, 0.15) is 0 Å². The summed E-state index contributed by atoms with van der Waals surface area (Å²) in [7, 11) is 0. The van der Waals surface area contributed by atoms with Crippen LogP contribution < -0.4 is 0 Å². The van der Waals surface area contributed by atoms with Gasteiger partial charge >= 0.3 is 0 Å². The summed E-state index contributed by atoms with van der Waals surface area (Å²) in [4.78, 5) is 0. The van der Waals surface area contributed by atoms with Gasteiger partial charge in [-0.15, -0.1) is 11.6 Å². The predicted octanol–water partition coefficient (Wildman–Crippen LogP) is 6.25. The van der Waals surface area contributed by atoms with Crippen LogP contribution in [0.2, 0.25) is 11.6 Å². The van der Waals surface area contributed by atoms with Crippen LogP contribution in [0.5, 0.6) is 0 Å². The lowest BCUT2D eigenvalue weighted by Crippen LogP contribution is -2.31. The average molecular weight is 379 g/mol. The van der Waals surface area contributed by atoms with Crippen molar-refractivity contribution in [2.75, 3.05) is 5.88 Å². The zero-order valence-electron chi connectivity index (χ0n) is 11.3. The van der Waals surface area contributed by atoms with Gasteiger partial charge in [0.15, 0.2) is 6.71 Å². The highest BCUT2D eigenvalue weighted by atomic mass is 127. The first-order valence-electron chi connectivity index (χ1n) is 7.74. The molecule has 0 spiro atoms. The normalized spacial score (nSPS) is 24.2. The van der Waals surface area contributed by atoms with Gasteiger partial charge in [-0.2, -0.15) is 0 Å². The van der Waals surface area contributed by atoms with Gasteiger partial charge in [-0.05, 0) is 3.48 Å². The number of rotatable bonds is 4. The Labute approximate surface area is 132 Å². The fourth-order valence-corrected chi connectivity index (χ4v) is 5.70. The van der Waals surface area contributed by atoms with Crippen LogP contribution in [0.25, 0.3) is 0 Å². The van der Waals surface area contributed by atoms with Gasteiger partial charge in [0, 0.05) is 5.88 Å². The summed E-state index contributed by atoms with van der Waals surface area (Å²) in [5.41, 5.74) is 0. The Morgan fingerprint density at radius 1 is 0.944 bits per heavy atom. The van der Waals surface area contributed by atoms with Gasteiger partial charge in [-0.1, -0.05) is 105 Å². The van der Waals surface area contributed by atoms with E-state index in [4.69, 9.17) is 11.6 Å². The molecule has 2 rings (SSSR count). The molecule has 0 amide bonds. The molecule has 0 nitrogen and oxygen atoms in total. The molecule has 102 valence electrons. The van der Waals surface area contributed by atoms with Gasteiger partial charge in [0.25, 0.3) is 0 Å². The Kier molecular flexibility index (Phi) is 6.92. The van der Waals surface area contributed by atoms with Gasteiger partial charge in [0.05, 0.1) is 0 Å². The van der Waals surface area contributed by atoms with Gasteiger partial charge in [-0.25, -0.2) is 0 Å². The van der Waals surface area contributed by atoms with Crippen molar-refractivity contribution in [2.45, 2.75) is 75.8 Å². The van der Waals surface area contributed by atoms with Crippen LogP contribution in [0.4, 0.5) is 0 Å². The third-order valence-electron chi connectivity index (χ3n) is 4.91. The highest BCUT2D eigenvalue weighted by Crippen LogP contribution is 2.45. The molecule has 0 saturated heterocycles. The molecule has 2 aliphatic carbocycles. The minimum absolute atomic E-state index is 0.689. The monoisotopic (exact) mass is 378 g/mol. The molecule has 0 aromatic heterocycles. The smallest absolute Gasteiger partial charge is 0.122 e. The minimum atomic E-state index is 0.689. The summed E-state index contributed by atoms with van der Waals surface area (Å²) in [5, 5.41) is 0. The standard InChI is InChI=1S/C15H25BClI/c17-12-11-15(18)16(13-7-3-1-4-8-13)14-9-5-2-6-10-14/h11,13-14H,1-10,12H2/b15-11-. The van der Waals surface area contributed by atoms with Crippen LogP contribution in [-0.2, 0) is 0 Å². The molecule has 2 aliphatic rings. The molecule has 0 bridgehead atoms. The molecule has 0 radical (unpaired) electrons. The van der Waals surface area contributed by atoms with E-state index in [-0.39, 0.29) is 0 Å². The van der Waals surface area contributed by atoms with E-state index in [9.17, 15) is 0 Å². The lowest BCUT2D eigenvalue weighted by molar-refractivity contribution is 0.464. The lowest BCUT2D eigenvalue weighted by atomic mass is 9.30. The number of alkyl halides is 1. The third kappa shape index (κ3) is 4.16. The quantitative estimate of drug-likeness (QED) is 0.308. The van der Waals surface area contributed by atoms with Crippen LogP contribution in [-0.4, -0.2) is 12.6 Å². The van der Waals surface area contributed by atoms with Crippen molar-refractivity contribution in [1.82, 2.24) is 0 Å². The topological polar surface area (TPSA) is 0 Å². The Morgan fingerprint density at radius 3 is 1.78 bits per heavy atom. The van der Waals surface area contributed by atoms with E-state index in [0.29, 0.717) is 5.88 Å².